The first kappa shape index (κ1) is 31.0. The summed E-state index contributed by atoms with van der Waals surface area (Å²) in [5.41, 5.74) is 7.36. The van der Waals surface area contributed by atoms with Crippen molar-refractivity contribution in [3.63, 3.8) is 0 Å². The van der Waals surface area contributed by atoms with Gasteiger partial charge in [-0.3, -0.25) is 0 Å². The van der Waals surface area contributed by atoms with Gasteiger partial charge in [0.05, 0.1) is 0 Å². The van der Waals surface area contributed by atoms with Crippen molar-refractivity contribution in [1.29, 1.82) is 0 Å². The molecular formula is C18H43N. The van der Waals surface area contributed by atoms with E-state index in [4.69, 9.17) is 5.73 Å². The molecule has 0 amide bonds. The lowest BCUT2D eigenvalue weighted by atomic mass is 10.1. The number of nitrogens with two attached hydrogens (primary N) is 1. The van der Waals surface area contributed by atoms with Gasteiger partial charge in [0.2, 0.25) is 0 Å². The second-order valence-electron chi connectivity index (χ2n) is 4.40. The minimum Gasteiger partial charge on any atom is -0.328 e. The summed E-state index contributed by atoms with van der Waals surface area (Å²) >= 11 is 0. The van der Waals surface area contributed by atoms with Gasteiger partial charge in [-0.05, 0) is 19.4 Å². The van der Waals surface area contributed by atoms with Crippen LogP contribution in [0.3, 0.4) is 0 Å². The molecule has 0 aliphatic heterocycles. The van der Waals surface area contributed by atoms with Crippen molar-refractivity contribution >= 4 is 0 Å². The van der Waals surface area contributed by atoms with Crippen molar-refractivity contribution in [3.05, 3.63) is 24.3 Å². The minimum absolute atomic E-state index is 0.333. The van der Waals surface area contributed by atoms with E-state index in [0.29, 0.717) is 6.04 Å². The highest BCUT2D eigenvalue weighted by Gasteiger charge is 1.85. The van der Waals surface area contributed by atoms with Crippen LogP contribution in [0.5, 0.6) is 0 Å². The molecule has 0 fully saturated rings. The van der Waals surface area contributed by atoms with Gasteiger partial charge < -0.3 is 5.73 Å². The molecule has 0 saturated carbocycles. The van der Waals surface area contributed by atoms with Crippen LogP contribution in [0.25, 0.3) is 0 Å². The van der Waals surface area contributed by atoms with Gasteiger partial charge in [-0.25, -0.2) is 0 Å². The van der Waals surface area contributed by atoms with E-state index in [1.807, 2.05) is 34.6 Å². The maximum Gasteiger partial charge on any atom is -0.00179 e. The van der Waals surface area contributed by atoms with Gasteiger partial charge in [0.1, 0.15) is 0 Å². The standard InChI is InChI=1S/C7H12.C3H9N.2C3H8.C2H6/c1-5-7(4)6(2)3;1-3(2)4;2*1-3-2;1-2/h2,4-5H2,1,3H3;3H,4H2,1-2H3;2*3H2,1-2H3;1-2H3. The van der Waals surface area contributed by atoms with Crippen LogP contribution >= 0.6 is 0 Å². The fourth-order valence-electron chi connectivity index (χ4n) is 0.302. The monoisotopic (exact) mass is 273 g/mol. The first-order chi connectivity index (χ1) is 8.74. The molecule has 0 radical (unpaired) electrons. The average molecular weight is 274 g/mol. The molecule has 0 bridgehead atoms. The Morgan fingerprint density at radius 3 is 1.05 bits per heavy atom. The second kappa shape index (κ2) is 36.0. The Balaban J connectivity index is -0.0000000471. The molecule has 0 aromatic rings. The largest absolute Gasteiger partial charge is 0.328 e. The van der Waals surface area contributed by atoms with E-state index in [0.717, 1.165) is 17.6 Å². The number of allylic oxidation sites excluding steroid dienone is 2. The first-order valence-corrected chi connectivity index (χ1v) is 7.83. The van der Waals surface area contributed by atoms with Crippen molar-refractivity contribution < 1.29 is 0 Å². The predicted molar refractivity (Wildman–Crippen MR) is 96.8 cm³/mol. The molecule has 120 valence electrons. The second-order valence-corrected chi connectivity index (χ2v) is 4.40. The van der Waals surface area contributed by atoms with Crippen LogP contribution in [0.2, 0.25) is 0 Å². The molecule has 0 rings (SSSR count). The molecule has 0 spiro atoms. The lowest BCUT2D eigenvalue weighted by molar-refractivity contribution is 0.834. The van der Waals surface area contributed by atoms with Gasteiger partial charge in [0.25, 0.3) is 0 Å². The molecule has 2 N–H and O–H groups in total. The first-order valence-electron chi connectivity index (χ1n) is 7.83. The van der Waals surface area contributed by atoms with Crippen LogP contribution < -0.4 is 5.73 Å². The molecule has 0 saturated heterocycles. The zero-order valence-electron chi connectivity index (χ0n) is 15.7. The zero-order valence-corrected chi connectivity index (χ0v) is 15.7. The van der Waals surface area contributed by atoms with Gasteiger partial charge in [0, 0.05) is 0 Å². The van der Waals surface area contributed by atoms with Crippen molar-refractivity contribution in [1.82, 2.24) is 0 Å². The Labute approximate surface area is 125 Å². The van der Waals surface area contributed by atoms with Gasteiger partial charge >= 0.3 is 0 Å². The number of rotatable bonds is 2. The molecule has 0 aromatic heterocycles. The maximum absolute atomic E-state index is 5.11. The number of hydrogen-bond donors (Lipinski definition) is 1. The molecule has 1 heteroatoms. The van der Waals surface area contributed by atoms with Crippen LogP contribution in [-0.2, 0) is 0 Å². The molecular weight excluding hydrogens is 230 g/mol. The molecule has 19 heavy (non-hydrogen) atoms. The topological polar surface area (TPSA) is 26.0 Å². The van der Waals surface area contributed by atoms with E-state index in [2.05, 4.69) is 47.8 Å². The van der Waals surface area contributed by atoms with Crippen molar-refractivity contribution in [2.24, 2.45) is 5.73 Å². The summed E-state index contributed by atoms with van der Waals surface area (Å²) in [6.07, 6.45) is 3.52. The van der Waals surface area contributed by atoms with Gasteiger partial charge in [0.15, 0.2) is 0 Å². The van der Waals surface area contributed by atoms with Gasteiger partial charge in [-0.1, -0.05) is 99.5 Å². The highest BCUT2D eigenvalue weighted by atomic mass is 14.6. The lowest BCUT2D eigenvalue weighted by Crippen LogP contribution is -2.06. The molecule has 0 aromatic carbocycles. The SMILES string of the molecule is C=C(C)C(=C)CC.CC.CC(C)N.CCC.CCC. The van der Waals surface area contributed by atoms with Crippen LogP contribution in [0.1, 0.15) is 88.5 Å². The summed E-state index contributed by atoms with van der Waals surface area (Å²) in [6.45, 7) is 27.9. The summed E-state index contributed by atoms with van der Waals surface area (Å²) in [6, 6.07) is 0.333. The Kier molecular flexibility index (Phi) is 58.9. The van der Waals surface area contributed by atoms with Crippen LogP contribution in [-0.4, -0.2) is 6.04 Å². The highest BCUT2D eigenvalue weighted by Crippen LogP contribution is 2.05. The highest BCUT2D eigenvalue weighted by molar-refractivity contribution is 5.21. The minimum atomic E-state index is 0.333. The van der Waals surface area contributed by atoms with Gasteiger partial charge in [-0.2, -0.15) is 0 Å². The Morgan fingerprint density at radius 2 is 1.05 bits per heavy atom. The third-order valence-corrected chi connectivity index (χ3v) is 1.03. The van der Waals surface area contributed by atoms with E-state index >= 15 is 0 Å². The molecule has 0 unspecified atom stereocenters. The fourth-order valence-corrected chi connectivity index (χ4v) is 0.302. The lowest BCUT2D eigenvalue weighted by Gasteiger charge is -1.95. The van der Waals surface area contributed by atoms with E-state index in [9.17, 15) is 0 Å². The summed E-state index contributed by atoms with van der Waals surface area (Å²) in [4.78, 5) is 0. The van der Waals surface area contributed by atoms with Crippen LogP contribution in [0.4, 0.5) is 0 Å². The summed E-state index contributed by atoms with van der Waals surface area (Å²) < 4.78 is 0. The van der Waals surface area contributed by atoms with E-state index in [-0.39, 0.29) is 0 Å². The predicted octanol–water partition coefficient (Wildman–Crippen LogP) is 6.74. The average Bonchev–Trinajstić information content (AvgIpc) is 2.31. The van der Waals surface area contributed by atoms with Crippen LogP contribution in [0.15, 0.2) is 24.3 Å². The third-order valence-electron chi connectivity index (χ3n) is 1.03. The molecule has 0 heterocycles. The molecule has 0 atom stereocenters. The van der Waals surface area contributed by atoms with Crippen molar-refractivity contribution in [3.8, 4) is 0 Å². The van der Waals surface area contributed by atoms with E-state index in [1.165, 1.54) is 12.8 Å². The Bertz CT molecular complexity index is 141. The van der Waals surface area contributed by atoms with E-state index < -0.39 is 0 Å². The van der Waals surface area contributed by atoms with E-state index in [1.54, 1.807) is 0 Å². The quantitative estimate of drug-likeness (QED) is 0.554. The fraction of sp³-hybridized carbons (Fsp3) is 0.778. The summed E-state index contributed by atoms with van der Waals surface area (Å²) in [5, 5.41) is 0. The van der Waals surface area contributed by atoms with Crippen molar-refractivity contribution in [2.75, 3.05) is 0 Å². The Hall–Kier alpha value is -0.560. The van der Waals surface area contributed by atoms with Crippen LogP contribution in [0, 0.1) is 0 Å². The molecule has 1 nitrogen and oxygen atoms in total. The summed E-state index contributed by atoms with van der Waals surface area (Å²) in [5.74, 6) is 0. The molecule has 0 aliphatic rings. The third kappa shape index (κ3) is 140. The maximum atomic E-state index is 5.11. The van der Waals surface area contributed by atoms with Gasteiger partial charge in [-0.15, -0.1) is 0 Å². The smallest absolute Gasteiger partial charge is 0.00179 e. The molecule has 0 aliphatic carbocycles. The zero-order chi connectivity index (χ0) is 16.9. The summed E-state index contributed by atoms with van der Waals surface area (Å²) in [7, 11) is 0. The Morgan fingerprint density at radius 1 is 0.895 bits per heavy atom. The normalized spacial score (nSPS) is 7.16. The van der Waals surface area contributed by atoms with Crippen molar-refractivity contribution in [2.45, 2.75) is 94.5 Å². The number of hydrogen-bond acceptors (Lipinski definition) is 1.